The molecule has 2 saturated heterocycles. The number of aliphatic hydroxyl groups excluding tert-OH is 1. The molecule has 2 aliphatic heterocycles. The van der Waals surface area contributed by atoms with Crippen molar-refractivity contribution in [3.05, 3.63) is 36.0 Å². The van der Waals surface area contributed by atoms with Crippen molar-refractivity contribution >= 4 is 10.9 Å². The molecular formula is C23H36N4O. The first-order valence-electron chi connectivity index (χ1n) is 11.0. The van der Waals surface area contributed by atoms with E-state index in [1.165, 1.54) is 42.4 Å². The van der Waals surface area contributed by atoms with Crippen LogP contribution in [0.1, 0.15) is 38.7 Å². The number of aliphatic hydroxyl groups is 1. The maximum Gasteiger partial charge on any atom is 0.0457 e. The number of aromatic amines is 1. The summed E-state index contributed by atoms with van der Waals surface area (Å²) in [5.74, 6) is 0. The Bertz CT molecular complexity index is 750. The maximum atomic E-state index is 9.68. The lowest BCUT2D eigenvalue weighted by Crippen LogP contribution is -2.58. The van der Waals surface area contributed by atoms with Crippen LogP contribution < -0.4 is 0 Å². The summed E-state index contributed by atoms with van der Waals surface area (Å²) in [6.45, 7) is 11.6. The molecule has 0 saturated carbocycles. The van der Waals surface area contributed by atoms with Crippen molar-refractivity contribution in [1.82, 2.24) is 19.7 Å². The Kier molecular flexibility index (Phi) is 6.36. The SMILES string of the molecule is CC(C)N1CCC(N2CCN(Cc3c[nH]c4ccccc34)CC2CCO)CC1. The zero-order valence-electron chi connectivity index (χ0n) is 17.5. The van der Waals surface area contributed by atoms with Crippen LogP contribution in [0.15, 0.2) is 30.5 Å². The Morgan fingerprint density at radius 2 is 1.89 bits per heavy atom. The Morgan fingerprint density at radius 3 is 2.64 bits per heavy atom. The maximum absolute atomic E-state index is 9.68. The van der Waals surface area contributed by atoms with Gasteiger partial charge in [-0.05, 0) is 57.8 Å². The first kappa shape index (κ1) is 19.9. The largest absolute Gasteiger partial charge is 0.396 e. The van der Waals surface area contributed by atoms with Crippen molar-refractivity contribution in [2.24, 2.45) is 0 Å². The number of fused-ring (bicyclic) bond motifs is 1. The number of hydrogen-bond acceptors (Lipinski definition) is 4. The molecule has 2 aliphatic rings. The third kappa shape index (κ3) is 4.28. The number of para-hydroxylation sites is 1. The highest BCUT2D eigenvalue weighted by atomic mass is 16.3. The van der Waals surface area contributed by atoms with Gasteiger partial charge >= 0.3 is 0 Å². The van der Waals surface area contributed by atoms with Gasteiger partial charge in [-0.3, -0.25) is 9.80 Å². The van der Waals surface area contributed by atoms with E-state index in [2.05, 4.69) is 64.0 Å². The fourth-order valence-electron chi connectivity index (χ4n) is 5.20. The molecule has 2 fully saturated rings. The van der Waals surface area contributed by atoms with Crippen LogP contribution in [0.5, 0.6) is 0 Å². The number of H-pyrrole nitrogens is 1. The first-order chi connectivity index (χ1) is 13.7. The molecule has 2 aromatic rings. The van der Waals surface area contributed by atoms with E-state index >= 15 is 0 Å². The Hall–Kier alpha value is -1.40. The molecule has 2 N–H and O–H groups in total. The second-order valence-corrected chi connectivity index (χ2v) is 8.86. The summed E-state index contributed by atoms with van der Waals surface area (Å²) in [7, 11) is 0. The molecule has 1 aromatic heterocycles. The lowest BCUT2D eigenvalue weighted by atomic mass is 9.97. The second kappa shape index (κ2) is 8.95. The van der Waals surface area contributed by atoms with Gasteiger partial charge in [0.1, 0.15) is 0 Å². The van der Waals surface area contributed by atoms with E-state index in [0.29, 0.717) is 18.1 Å². The predicted molar refractivity (Wildman–Crippen MR) is 116 cm³/mol. The quantitative estimate of drug-likeness (QED) is 0.804. The molecule has 0 radical (unpaired) electrons. The molecule has 1 atom stereocenters. The molecule has 5 nitrogen and oxygen atoms in total. The van der Waals surface area contributed by atoms with Crippen molar-refractivity contribution in [3.8, 4) is 0 Å². The number of likely N-dealkylation sites (tertiary alicyclic amines) is 1. The first-order valence-corrected chi connectivity index (χ1v) is 11.0. The number of benzene rings is 1. The molecule has 1 aromatic carbocycles. The van der Waals surface area contributed by atoms with E-state index in [9.17, 15) is 5.11 Å². The minimum atomic E-state index is 0.285. The Labute approximate surface area is 169 Å². The summed E-state index contributed by atoms with van der Waals surface area (Å²) in [6.07, 6.45) is 5.58. The van der Waals surface area contributed by atoms with E-state index in [-0.39, 0.29) is 6.61 Å². The minimum absolute atomic E-state index is 0.285. The second-order valence-electron chi connectivity index (χ2n) is 8.86. The molecule has 4 rings (SSSR count). The summed E-state index contributed by atoms with van der Waals surface area (Å²) in [5, 5.41) is 11.0. The molecule has 28 heavy (non-hydrogen) atoms. The van der Waals surface area contributed by atoms with E-state index in [1.807, 2.05) is 0 Å². The van der Waals surface area contributed by atoms with Gasteiger partial charge in [-0.2, -0.15) is 0 Å². The predicted octanol–water partition coefficient (Wildman–Crippen LogP) is 2.91. The molecule has 5 heteroatoms. The van der Waals surface area contributed by atoms with Crippen LogP contribution >= 0.6 is 0 Å². The van der Waals surface area contributed by atoms with E-state index in [1.54, 1.807) is 0 Å². The number of aromatic nitrogens is 1. The van der Waals surface area contributed by atoms with Gasteiger partial charge in [0.05, 0.1) is 0 Å². The van der Waals surface area contributed by atoms with Crippen LogP contribution in [-0.4, -0.2) is 82.2 Å². The normalized spacial score (nSPS) is 23.8. The summed E-state index contributed by atoms with van der Waals surface area (Å²) >= 11 is 0. The summed E-state index contributed by atoms with van der Waals surface area (Å²) < 4.78 is 0. The average Bonchev–Trinajstić information content (AvgIpc) is 3.12. The summed E-state index contributed by atoms with van der Waals surface area (Å²) in [4.78, 5) is 11.3. The van der Waals surface area contributed by atoms with Gasteiger partial charge in [0, 0.05) is 68.0 Å². The Balaban J connectivity index is 1.39. The van der Waals surface area contributed by atoms with Gasteiger partial charge in [-0.1, -0.05) is 18.2 Å². The number of nitrogens with one attached hydrogen (secondary N) is 1. The topological polar surface area (TPSA) is 45.7 Å². The van der Waals surface area contributed by atoms with Gasteiger partial charge in [-0.15, -0.1) is 0 Å². The van der Waals surface area contributed by atoms with Crippen LogP contribution in [0.25, 0.3) is 10.9 Å². The van der Waals surface area contributed by atoms with Crippen molar-refractivity contribution in [1.29, 1.82) is 0 Å². The third-order valence-electron chi connectivity index (χ3n) is 6.84. The zero-order chi connectivity index (χ0) is 19.5. The lowest BCUT2D eigenvalue weighted by Gasteiger charge is -2.48. The highest BCUT2D eigenvalue weighted by Crippen LogP contribution is 2.26. The standard InChI is InChI=1S/C23H36N4O/c1-18(2)26-10-7-20(8-11-26)27-13-12-25(17-21(27)9-14-28)16-19-15-24-23-6-4-3-5-22(19)23/h3-6,15,18,20-21,24,28H,7-14,16-17H2,1-2H3. The fraction of sp³-hybridized carbons (Fsp3) is 0.652. The average molecular weight is 385 g/mol. The molecule has 0 spiro atoms. The lowest BCUT2D eigenvalue weighted by molar-refractivity contribution is 0.0000743. The van der Waals surface area contributed by atoms with E-state index in [0.717, 1.165) is 32.6 Å². The van der Waals surface area contributed by atoms with Crippen LogP contribution in [0, 0.1) is 0 Å². The Morgan fingerprint density at radius 1 is 1.11 bits per heavy atom. The van der Waals surface area contributed by atoms with Gasteiger partial charge < -0.3 is 15.0 Å². The zero-order valence-corrected chi connectivity index (χ0v) is 17.5. The van der Waals surface area contributed by atoms with Crippen molar-refractivity contribution in [3.63, 3.8) is 0 Å². The van der Waals surface area contributed by atoms with E-state index in [4.69, 9.17) is 0 Å². The molecule has 0 aliphatic carbocycles. The van der Waals surface area contributed by atoms with Crippen LogP contribution in [0.4, 0.5) is 0 Å². The smallest absolute Gasteiger partial charge is 0.0457 e. The van der Waals surface area contributed by atoms with Crippen LogP contribution in [0.3, 0.4) is 0 Å². The van der Waals surface area contributed by atoms with Gasteiger partial charge in [-0.25, -0.2) is 0 Å². The van der Waals surface area contributed by atoms with Crippen LogP contribution in [-0.2, 0) is 6.54 Å². The van der Waals surface area contributed by atoms with Gasteiger partial charge in [0.15, 0.2) is 0 Å². The summed E-state index contributed by atoms with van der Waals surface area (Å²) in [6, 6.07) is 10.4. The van der Waals surface area contributed by atoms with E-state index < -0.39 is 0 Å². The molecule has 154 valence electrons. The molecular weight excluding hydrogens is 348 g/mol. The molecule has 0 bridgehead atoms. The number of nitrogens with zero attached hydrogens (tertiary/aromatic N) is 3. The highest BCUT2D eigenvalue weighted by Gasteiger charge is 2.34. The summed E-state index contributed by atoms with van der Waals surface area (Å²) in [5.41, 5.74) is 2.61. The van der Waals surface area contributed by atoms with Crippen molar-refractivity contribution in [2.75, 3.05) is 39.3 Å². The third-order valence-corrected chi connectivity index (χ3v) is 6.84. The van der Waals surface area contributed by atoms with Gasteiger partial charge in [0.25, 0.3) is 0 Å². The van der Waals surface area contributed by atoms with Crippen molar-refractivity contribution in [2.45, 2.75) is 57.8 Å². The highest BCUT2D eigenvalue weighted by molar-refractivity contribution is 5.82. The van der Waals surface area contributed by atoms with Crippen LogP contribution in [0.2, 0.25) is 0 Å². The van der Waals surface area contributed by atoms with Crippen molar-refractivity contribution < 1.29 is 5.11 Å². The number of piperidine rings is 1. The molecule has 3 heterocycles. The molecule has 0 amide bonds. The number of piperazine rings is 1. The number of rotatable bonds is 6. The van der Waals surface area contributed by atoms with Gasteiger partial charge in [0.2, 0.25) is 0 Å². The number of hydrogen-bond donors (Lipinski definition) is 2. The monoisotopic (exact) mass is 384 g/mol. The fourth-order valence-corrected chi connectivity index (χ4v) is 5.20. The molecule has 1 unspecified atom stereocenters. The minimum Gasteiger partial charge on any atom is -0.396 e.